The van der Waals surface area contributed by atoms with Crippen molar-refractivity contribution in [1.82, 2.24) is 5.16 Å². The first-order valence-corrected chi connectivity index (χ1v) is 4.49. The van der Waals surface area contributed by atoms with E-state index in [2.05, 4.69) is 5.16 Å². The minimum atomic E-state index is 0.0330. The summed E-state index contributed by atoms with van der Waals surface area (Å²) < 4.78 is 5.09. The lowest BCUT2D eigenvalue weighted by Crippen LogP contribution is -2.17. The maximum Gasteiger partial charge on any atom is 0.167 e. The van der Waals surface area contributed by atoms with Gasteiger partial charge in [0.25, 0.3) is 0 Å². The van der Waals surface area contributed by atoms with Crippen molar-refractivity contribution in [1.29, 1.82) is 0 Å². The molecule has 74 valence electrons. The zero-order valence-corrected chi connectivity index (χ0v) is 7.90. The van der Waals surface area contributed by atoms with Gasteiger partial charge in [0.2, 0.25) is 0 Å². The van der Waals surface area contributed by atoms with E-state index in [1.165, 1.54) is 0 Å². The number of benzene rings is 1. The van der Waals surface area contributed by atoms with E-state index in [-0.39, 0.29) is 11.8 Å². The molecular formula is C10H12N2O2. The molecule has 0 amide bonds. The van der Waals surface area contributed by atoms with Gasteiger partial charge in [0.1, 0.15) is 5.75 Å². The lowest BCUT2D eigenvalue weighted by atomic mass is 10.1. The second kappa shape index (κ2) is 3.31. The first kappa shape index (κ1) is 9.02. The average molecular weight is 192 g/mol. The number of hydrogen-bond donors (Lipinski definition) is 2. The summed E-state index contributed by atoms with van der Waals surface area (Å²) in [5.41, 5.74) is 7.14. The topological polar surface area (TPSA) is 72.3 Å². The number of nitrogens with two attached hydrogens (primary N) is 1. The molecule has 1 atom stereocenters. The SMILES string of the molecule is CC(N)Cc1noc2ccc(O)cc12. The maximum atomic E-state index is 9.31. The number of nitrogens with zero attached hydrogens (tertiary/aromatic N) is 1. The molecule has 0 aliphatic rings. The summed E-state index contributed by atoms with van der Waals surface area (Å²) >= 11 is 0. The largest absolute Gasteiger partial charge is 0.508 e. The van der Waals surface area contributed by atoms with Gasteiger partial charge in [-0.15, -0.1) is 0 Å². The third-order valence-electron chi connectivity index (χ3n) is 2.04. The molecule has 1 unspecified atom stereocenters. The number of aromatic nitrogens is 1. The van der Waals surface area contributed by atoms with Crippen molar-refractivity contribution >= 4 is 11.0 Å². The van der Waals surface area contributed by atoms with E-state index in [9.17, 15) is 5.11 Å². The zero-order chi connectivity index (χ0) is 10.1. The highest BCUT2D eigenvalue weighted by Crippen LogP contribution is 2.23. The average Bonchev–Trinajstić information content (AvgIpc) is 2.47. The van der Waals surface area contributed by atoms with Crippen LogP contribution in [0.2, 0.25) is 0 Å². The summed E-state index contributed by atoms with van der Waals surface area (Å²) in [5.74, 6) is 0.214. The molecule has 1 aromatic carbocycles. The second-order valence-electron chi connectivity index (χ2n) is 3.49. The van der Waals surface area contributed by atoms with E-state index in [1.54, 1.807) is 18.2 Å². The molecule has 1 heterocycles. The molecule has 0 aliphatic carbocycles. The van der Waals surface area contributed by atoms with Crippen LogP contribution >= 0.6 is 0 Å². The van der Waals surface area contributed by atoms with E-state index in [4.69, 9.17) is 10.3 Å². The highest BCUT2D eigenvalue weighted by atomic mass is 16.5. The molecule has 0 aliphatic heterocycles. The Bertz CT molecular complexity index is 448. The number of phenols is 1. The summed E-state index contributed by atoms with van der Waals surface area (Å²) in [7, 11) is 0. The van der Waals surface area contributed by atoms with Crippen molar-refractivity contribution < 1.29 is 9.63 Å². The van der Waals surface area contributed by atoms with Crippen LogP contribution < -0.4 is 5.73 Å². The fraction of sp³-hybridized carbons (Fsp3) is 0.300. The van der Waals surface area contributed by atoms with Gasteiger partial charge >= 0.3 is 0 Å². The van der Waals surface area contributed by atoms with Gasteiger partial charge in [-0.1, -0.05) is 5.16 Å². The molecule has 14 heavy (non-hydrogen) atoms. The monoisotopic (exact) mass is 192 g/mol. The van der Waals surface area contributed by atoms with E-state index in [1.807, 2.05) is 6.92 Å². The van der Waals surface area contributed by atoms with Crippen molar-refractivity contribution in [2.75, 3.05) is 0 Å². The predicted octanol–water partition coefficient (Wildman–Crippen LogP) is 1.42. The fourth-order valence-electron chi connectivity index (χ4n) is 1.43. The van der Waals surface area contributed by atoms with E-state index >= 15 is 0 Å². The lowest BCUT2D eigenvalue weighted by molar-refractivity contribution is 0.442. The van der Waals surface area contributed by atoms with Crippen molar-refractivity contribution in [3.63, 3.8) is 0 Å². The van der Waals surface area contributed by atoms with Crippen LogP contribution in [0.4, 0.5) is 0 Å². The number of aromatic hydroxyl groups is 1. The molecule has 2 rings (SSSR count). The molecule has 1 aromatic heterocycles. The summed E-state index contributed by atoms with van der Waals surface area (Å²) in [5, 5.41) is 14.1. The van der Waals surface area contributed by atoms with Gasteiger partial charge in [-0.2, -0.15) is 0 Å². The lowest BCUT2D eigenvalue weighted by Gasteiger charge is -2.00. The minimum absolute atomic E-state index is 0.0330. The van der Waals surface area contributed by atoms with Crippen molar-refractivity contribution in [3.05, 3.63) is 23.9 Å². The Hall–Kier alpha value is -1.55. The van der Waals surface area contributed by atoms with Gasteiger partial charge < -0.3 is 15.4 Å². The van der Waals surface area contributed by atoms with Crippen LogP contribution in [-0.2, 0) is 6.42 Å². The zero-order valence-electron chi connectivity index (χ0n) is 7.90. The molecular weight excluding hydrogens is 180 g/mol. The van der Waals surface area contributed by atoms with Gasteiger partial charge in [0.05, 0.1) is 5.69 Å². The Morgan fingerprint density at radius 2 is 2.36 bits per heavy atom. The Morgan fingerprint density at radius 3 is 3.07 bits per heavy atom. The number of rotatable bonds is 2. The van der Waals surface area contributed by atoms with Gasteiger partial charge in [-0.3, -0.25) is 0 Å². The van der Waals surface area contributed by atoms with Gasteiger partial charge in [-0.25, -0.2) is 0 Å². The van der Waals surface area contributed by atoms with Crippen LogP contribution in [0.25, 0.3) is 11.0 Å². The van der Waals surface area contributed by atoms with Crippen molar-refractivity contribution in [3.8, 4) is 5.75 Å². The number of hydrogen-bond acceptors (Lipinski definition) is 4. The molecule has 0 radical (unpaired) electrons. The summed E-state index contributed by atoms with van der Waals surface area (Å²) in [6, 6.07) is 4.94. The van der Waals surface area contributed by atoms with Crippen LogP contribution in [0.5, 0.6) is 5.75 Å². The minimum Gasteiger partial charge on any atom is -0.508 e. The van der Waals surface area contributed by atoms with E-state index in [0.717, 1.165) is 11.1 Å². The quantitative estimate of drug-likeness (QED) is 0.754. The van der Waals surface area contributed by atoms with Crippen molar-refractivity contribution in [2.24, 2.45) is 5.73 Å². The third-order valence-corrected chi connectivity index (χ3v) is 2.04. The van der Waals surface area contributed by atoms with Crippen LogP contribution in [0, 0.1) is 0 Å². The molecule has 0 saturated heterocycles. The first-order valence-electron chi connectivity index (χ1n) is 4.49. The van der Waals surface area contributed by atoms with E-state index in [0.29, 0.717) is 12.0 Å². The number of fused-ring (bicyclic) bond motifs is 1. The van der Waals surface area contributed by atoms with Crippen LogP contribution in [0.3, 0.4) is 0 Å². The summed E-state index contributed by atoms with van der Waals surface area (Å²) in [6.07, 6.45) is 0.649. The molecule has 3 N–H and O–H groups in total. The molecule has 4 heteroatoms. The highest BCUT2D eigenvalue weighted by Gasteiger charge is 2.09. The molecule has 0 bridgehead atoms. The Balaban J connectivity index is 2.50. The van der Waals surface area contributed by atoms with Crippen LogP contribution in [0.15, 0.2) is 22.7 Å². The Labute approximate surface area is 81.3 Å². The van der Waals surface area contributed by atoms with Gasteiger partial charge in [0, 0.05) is 17.8 Å². The van der Waals surface area contributed by atoms with Gasteiger partial charge in [-0.05, 0) is 25.1 Å². The van der Waals surface area contributed by atoms with Crippen molar-refractivity contribution in [2.45, 2.75) is 19.4 Å². The Morgan fingerprint density at radius 1 is 1.57 bits per heavy atom. The second-order valence-corrected chi connectivity index (χ2v) is 3.49. The number of phenolic OH excluding ortho intramolecular Hbond substituents is 1. The van der Waals surface area contributed by atoms with E-state index < -0.39 is 0 Å². The fourth-order valence-corrected chi connectivity index (χ4v) is 1.43. The smallest absolute Gasteiger partial charge is 0.167 e. The molecule has 0 saturated carbocycles. The molecule has 2 aromatic rings. The summed E-state index contributed by atoms with van der Waals surface area (Å²) in [6.45, 7) is 1.91. The molecule has 0 spiro atoms. The maximum absolute atomic E-state index is 9.31. The Kier molecular flexibility index (Phi) is 2.13. The molecule has 4 nitrogen and oxygen atoms in total. The summed E-state index contributed by atoms with van der Waals surface area (Å²) in [4.78, 5) is 0. The third kappa shape index (κ3) is 1.56. The van der Waals surface area contributed by atoms with Crippen LogP contribution in [0.1, 0.15) is 12.6 Å². The normalized spacial score (nSPS) is 13.3. The van der Waals surface area contributed by atoms with Crippen LogP contribution in [-0.4, -0.2) is 16.3 Å². The first-order chi connectivity index (χ1) is 6.66. The highest BCUT2D eigenvalue weighted by molar-refractivity contribution is 5.80. The standard InChI is InChI=1S/C10H12N2O2/c1-6(11)4-9-8-5-7(13)2-3-10(8)14-12-9/h2-3,5-6,13H,4,11H2,1H3. The molecule has 0 fully saturated rings. The predicted molar refractivity (Wildman–Crippen MR) is 53.0 cm³/mol. The van der Waals surface area contributed by atoms with Gasteiger partial charge in [0.15, 0.2) is 5.58 Å².